The fraction of sp³-hybridized carbons (Fsp3) is 0.250. The van der Waals surface area contributed by atoms with Gasteiger partial charge in [-0.2, -0.15) is 4.98 Å². The Balaban J connectivity index is 1.58. The number of benzene rings is 1. The molecule has 0 atom stereocenters. The minimum atomic E-state index is -0.347. The van der Waals surface area contributed by atoms with E-state index in [0.29, 0.717) is 30.3 Å². The molecule has 0 amide bonds. The molecule has 6 nitrogen and oxygen atoms in total. The third-order valence-electron chi connectivity index (χ3n) is 3.30. The summed E-state index contributed by atoms with van der Waals surface area (Å²) in [6.07, 6.45) is 0.682. The molecule has 0 saturated heterocycles. The summed E-state index contributed by atoms with van der Waals surface area (Å²) >= 11 is 1.57. The van der Waals surface area contributed by atoms with Crippen molar-refractivity contribution in [1.29, 1.82) is 0 Å². The van der Waals surface area contributed by atoms with E-state index >= 15 is 0 Å². The summed E-state index contributed by atoms with van der Waals surface area (Å²) in [5.74, 6) is 0.658. The van der Waals surface area contributed by atoms with Crippen molar-refractivity contribution in [2.24, 2.45) is 0 Å². The third-order valence-corrected chi connectivity index (χ3v) is 4.30. The average molecular weight is 329 g/mol. The predicted octanol–water partition coefficient (Wildman–Crippen LogP) is 3.21. The van der Waals surface area contributed by atoms with Crippen LogP contribution < -0.4 is 0 Å². The minimum absolute atomic E-state index is 0.340. The number of carbonyl (C=O) groups is 1. The Bertz CT molecular complexity index is 808. The van der Waals surface area contributed by atoms with Crippen molar-refractivity contribution in [1.82, 2.24) is 15.1 Å². The molecule has 0 aliphatic rings. The second kappa shape index (κ2) is 6.70. The third kappa shape index (κ3) is 3.62. The number of thiazole rings is 1. The molecule has 0 unspecified atom stereocenters. The summed E-state index contributed by atoms with van der Waals surface area (Å²) < 4.78 is 10.4. The first-order chi connectivity index (χ1) is 11.1. The summed E-state index contributed by atoms with van der Waals surface area (Å²) in [6, 6.07) is 6.90. The number of aromatic nitrogens is 3. The Kier molecular flexibility index (Phi) is 4.47. The van der Waals surface area contributed by atoms with Crippen LogP contribution in [0.4, 0.5) is 0 Å². The molecule has 1 aromatic carbocycles. The molecule has 3 aromatic rings. The number of hydrogen-bond donors (Lipinski definition) is 0. The van der Waals surface area contributed by atoms with Crippen molar-refractivity contribution in [2.75, 3.05) is 6.61 Å². The molecular weight excluding hydrogens is 314 g/mol. The summed E-state index contributed by atoms with van der Waals surface area (Å²) in [4.78, 5) is 21.5. The topological polar surface area (TPSA) is 78.1 Å². The first-order valence-corrected chi connectivity index (χ1v) is 7.98. The molecule has 0 radical (unpaired) electrons. The molecule has 0 N–H and O–H groups in total. The molecule has 0 aliphatic carbocycles. The largest absolute Gasteiger partial charge is 0.462 e. The molecule has 0 saturated carbocycles. The standard InChI is InChI=1S/C16H15N3O3S/c1-10-14(23-9-17-10)7-8-21-16(20)13-5-3-12(4-6-13)15-18-11(2)19-22-15/h3-6,9H,7-8H2,1-2H3. The lowest BCUT2D eigenvalue weighted by atomic mass is 10.1. The van der Waals surface area contributed by atoms with Crippen molar-refractivity contribution in [3.63, 3.8) is 0 Å². The molecule has 2 aromatic heterocycles. The van der Waals surface area contributed by atoms with Crippen LogP contribution in [0.5, 0.6) is 0 Å². The Labute approximate surface area is 137 Å². The highest BCUT2D eigenvalue weighted by Crippen LogP contribution is 2.18. The molecule has 2 heterocycles. The van der Waals surface area contributed by atoms with Gasteiger partial charge >= 0.3 is 5.97 Å². The summed E-state index contributed by atoms with van der Waals surface area (Å²) in [5, 5.41) is 3.74. The van der Waals surface area contributed by atoms with Gasteiger partial charge in [-0.05, 0) is 38.1 Å². The molecule has 0 aliphatic heterocycles. The highest BCUT2D eigenvalue weighted by atomic mass is 32.1. The van der Waals surface area contributed by atoms with E-state index in [1.807, 2.05) is 6.92 Å². The van der Waals surface area contributed by atoms with Gasteiger partial charge in [0.15, 0.2) is 5.82 Å². The SMILES string of the molecule is Cc1noc(-c2ccc(C(=O)OCCc3scnc3C)cc2)n1. The van der Waals surface area contributed by atoms with Crippen LogP contribution in [-0.4, -0.2) is 27.7 Å². The molecule has 0 fully saturated rings. The fourth-order valence-electron chi connectivity index (χ4n) is 2.05. The lowest BCUT2D eigenvalue weighted by molar-refractivity contribution is 0.0510. The van der Waals surface area contributed by atoms with Crippen LogP contribution in [0.15, 0.2) is 34.3 Å². The van der Waals surface area contributed by atoms with Crippen molar-refractivity contribution in [3.05, 3.63) is 51.7 Å². The van der Waals surface area contributed by atoms with Crippen LogP contribution >= 0.6 is 11.3 Å². The van der Waals surface area contributed by atoms with E-state index in [0.717, 1.165) is 16.1 Å². The summed E-state index contributed by atoms with van der Waals surface area (Å²) in [6.45, 7) is 4.04. The maximum atomic E-state index is 12.0. The van der Waals surface area contributed by atoms with Gasteiger partial charge in [0.1, 0.15) is 0 Å². The Morgan fingerprint density at radius 1 is 1.26 bits per heavy atom. The van der Waals surface area contributed by atoms with Gasteiger partial charge in [0.2, 0.25) is 0 Å². The molecule has 3 rings (SSSR count). The van der Waals surface area contributed by atoms with E-state index in [4.69, 9.17) is 9.26 Å². The lowest BCUT2D eigenvalue weighted by Gasteiger charge is -2.04. The number of ether oxygens (including phenoxy) is 1. The maximum absolute atomic E-state index is 12.0. The molecule has 7 heteroatoms. The van der Waals surface area contributed by atoms with E-state index in [-0.39, 0.29) is 5.97 Å². The van der Waals surface area contributed by atoms with Crippen molar-refractivity contribution in [2.45, 2.75) is 20.3 Å². The van der Waals surface area contributed by atoms with Gasteiger partial charge in [0.05, 0.1) is 23.4 Å². The van der Waals surface area contributed by atoms with Crippen molar-refractivity contribution in [3.8, 4) is 11.5 Å². The Hall–Kier alpha value is -2.54. The summed E-state index contributed by atoms with van der Waals surface area (Å²) in [7, 11) is 0. The van der Waals surface area contributed by atoms with Crippen LogP contribution in [0.2, 0.25) is 0 Å². The molecule has 118 valence electrons. The van der Waals surface area contributed by atoms with Gasteiger partial charge in [0.25, 0.3) is 5.89 Å². The highest BCUT2D eigenvalue weighted by molar-refractivity contribution is 7.09. The molecular formula is C16H15N3O3S. The number of rotatable bonds is 5. The van der Waals surface area contributed by atoms with Crippen LogP contribution in [0.1, 0.15) is 26.8 Å². The van der Waals surface area contributed by atoms with Gasteiger partial charge in [-0.15, -0.1) is 11.3 Å². The summed E-state index contributed by atoms with van der Waals surface area (Å²) in [5.41, 5.74) is 4.04. The quantitative estimate of drug-likeness (QED) is 0.669. The van der Waals surface area contributed by atoms with Gasteiger partial charge in [-0.3, -0.25) is 0 Å². The monoisotopic (exact) mass is 329 g/mol. The van der Waals surface area contributed by atoms with E-state index < -0.39 is 0 Å². The molecule has 0 bridgehead atoms. The molecule has 0 spiro atoms. The normalized spacial score (nSPS) is 10.7. The second-order valence-corrected chi connectivity index (χ2v) is 5.91. The zero-order valence-corrected chi connectivity index (χ0v) is 13.6. The van der Waals surface area contributed by atoms with Gasteiger partial charge in [-0.1, -0.05) is 5.16 Å². The number of carbonyl (C=O) groups excluding carboxylic acids is 1. The highest BCUT2D eigenvalue weighted by Gasteiger charge is 2.11. The van der Waals surface area contributed by atoms with Gasteiger partial charge in [-0.25, -0.2) is 9.78 Å². The van der Waals surface area contributed by atoms with E-state index in [9.17, 15) is 4.79 Å². The van der Waals surface area contributed by atoms with Crippen LogP contribution in [0.25, 0.3) is 11.5 Å². The van der Waals surface area contributed by atoms with E-state index in [1.165, 1.54) is 0 Å². The molecule has 23 heavy (non-hydrogen) atoms. The van der Waals surface area contributed by atoms with E-state index in [1.54, 1.807) is 48.0 Å². The van der Waals surface area contributed by atoms with Gasteiger partial charge in [0, 0.05) is 16.9 Å². The number of hydrogen-bond acceptors (Lipinski definition) is 7. The average Bonchev–Trinajstić information content (AvgIpc) is 3.16. The zero-order valence-electron chi connectivity index (χ0n) is 12.8. The van der Waals surface area contributed by atoms with Crippen LogP contribution in [-0.2, 0) is 11.2 Å². The number of esters is 1. The lowest BCUT2D eigenvalue weighted by Crippen LogP contribution is -2.08. The minimum Gasteiger partial charge on any atom is -0.462 e. The number of nitrogens with zero attached hydrogens (tertiary/aromatic N) is 3. The first kappa shape index (κ1) is 15.4. The zero-order chi connectivity index (χ0) is 16.2. The van der Waals surface area contributed by atoms with Crippen LogP contribution in [0, 0.1) is 13.8 Å². The van der Waals surface area contributed by atoms with Crippen molar-refractivity contribution < 1.29 is 14.1 Å². The van der Waals surface area contributed by atoms with Crippen molar-refractivity contribution >= 4 is 17.3 Å². The van der Waals surface area contributed by atoms with Crippen LogP contribution in [0.3, 0.4) is 0 Å². The Morgan fingerprint density at radius 2 is 2.04 bits per heavy atom. The van der Waals surface area contributed by atoms with E-state index in [2.05, 4.69) is 15.1 Å². The smallest absolute Gasteiger partial charge is 0.338 e. The first-order valence-electron chi connectivity index (χ1n) is 7.10. The fourth-order valence-corrected chi connectivity index (χ4v) is 2.81. The maximum Gasteiger partial charge on any atom is 0.338 e. The predicted molar refractivity (Wildman–Crippen MR) is 85.3 cm³/mol. The number of aryl methyl sites for hydroxylation is 2. The second-order valence-electron chi connectivity index (χ2n) is 4.97. The van der Waals surface area contributed by atoms with Gasteiger partial charge < -0.3 is 9.26 Å². The Morgan fingerprint density at radius 3 is 2.65 bits per heavy atom.